The topological polar surface area (TPSA) is 71.7 Å². The number of nitrogens with zero attached hydrogens (tertiary/aromatic N) is 2. The van der Waals surface area contributed by atoms with Crippen LogP contribution >= 0.6 is 0 Å². The highest BCUT2D eigenvalue weighted by Crippen LogP contribution is 2.17. The summed E-state index contributed by atoms with van der Waals surface area (Å²) in [5.74, 6) is 0.105. The molecule has 0 saturated carbocycles. The minimum atomic E-state index is -0.367. The molecule has 0 spiro atoms. The van der Waals surface area contributed by atoms with Crippen molar-refractivity contribution in [2.75, 3.05) is 36.4 Å². The van der Waals surface area contributed by atoms with Crippen LogP contribution in [0.2, 0.25) is 0 Å². The molecule has 2 saturated heterocycles. The number of hydrogen-bond donors (Lipinski definition) is 4. The fraction of sp³-hybridized carbons (Fsp3) is 0.381. The summed E-state index contributed by atoms with van der Waals surface area (Å²) in [6.07, 6.45) is 0.799. The molecule has 28 heavy (non-hydrogen) atoms. The van der Waals surface area contributed by atoms with E-state index in [2.05, 4.69) is 82.1 Å². The number of carbonyl (C=O) groups is 1. The molecule has 2 atom stereocenters. The SMILES string of the molecule is CCc1ccc(NC2NNNC2C(=O)N2CCN(c3ccccc3)CC2)cc1. The molecule has 148 valence electrons. The van der Waals surface area contributed by atoms with Gasteiger partial charge in [-0.05, 0) is 36.2 Å². The van der Waals surface area contributed by atoms with Gasteiger partial charge in [0.2, 0.25) is 5.91 Å². The van der Waals surface area contributed by atoms with Gasteiger partial charge in [0.05, 0.1) is 0 Å². The standard InChI is InChI=1S/C21H28N6O/c1-2-16-8-10-17(11-9-16)22-20-19(23-25-24-20)21(28)27-14-12-26(13-15-27)18-6-4-3-5-7-18/h3-11,19-20,22-25H,2,12-15H2,1H3. The number of carbonyl (C=O) groups excluding carboxylic acids is 1. The number of rotatable bonds is 5. The van der Waals surface area contributed by atoms with E-state index in [1.54, 1.807) is 0 Å². The molecule has 0 radical (unpaired) electrons. The van der Waals surface area contributed by atoms with Crippen molar-refractivity contribution >= 4 is 17.3 Å². The van der Waals surface area contributed by atoms with Gasteiger partial charge in [-0.25, -0.2) is 10.9 Å². The molecule has 0 bridgehead atoms. The van der Waals surface area contributed by atoms with Crippen LogP contribution in [0, 0.1) is 0 Å². The van der Waals surface area contributed by atoms with Crippen LogP contribution in [0.1, 0.15) is 12.5 Å². The number of benzene rings is 2. The highest BCUT2D eigenvalue weighted by molar-refractivity contribution is 5.83. The van der Waals surface area contributed by atoms with Crippen molar-refractivity contribution in [1.29, 1.82) is 0 Å². The van der Waals surface area contributed by atoms with Gasteiger partial charge in [-0.15, -0.1) is 0 Å². The zero-order valence-electron chi connectivity index (χ0n) is 16.2. The first-order chi connectivity index (χ1) is 13.7. The zero-order valence-corrected chi connectivity index (χ0v) is 16.2. The third-order valence-electron chi connectivity index (χ3n) is 5.45. The summed E-state index contributed by atoms with van der Waals surface area (Å²) in [6, 6.07) is 18.3. The van der Waals surface area contributed by atoms with Crippen molar-refractivity contribution in [2.45, 2.75) is 25.6 Å². The molecule has 2 heterocycles. The third-order valence-corrected chi connectivity index (χ3v) is 5.45. The molecule has 0 aromatic heterocycles. The number of hydrogen-bond acceptors (Lipinski definition) is 6. The lowest BCUT2D eigenvalue weighted by atomic mass is 10.1. The van der Waals surface area contributed by atoms with E-state index in [9.17, 15) is 4.79 Å². The number of piperazine rings is 1. The van der Waals surface area contributed by atoms with Crippen molar-refractivity contribution < 1.29 is 4.79 Å². The van der Waals surface area contributed by atoms with Gasteiger partial charge >= 0.3 is 0 Å². The maximum atomic E-state index is 13.1. The first-order valence-corrected chi connectivity index (χ1v) is 9.95. The van der Waals surface area contributed by atoms with Gasteiger partial charge < -0.3 is 15.1 Å². The minimum absolute atomic E-state index is 0.105. The lowest BCUT2D eigenvalue weighted by Crippen LogP contribution is -2.57. The molecule has 2 aliphatic rings. The number of hydrazine groups is 2. The smallest absolute Gasteiger partial charge is 0.244 e. The Morgan fingerprint density at radius 3 is 2.39 bits per heavy atom. The monoisotopic (exact) mass is 380 g/mol. The Bertz CT molecular complexity index is 773. The fourth-order valence-electron chi connectivity index (χ4n) is 3.72. The highest BCUT2D eigenvalue weighted by atomic mass is 16.2. The molecule has 0 aliphatic carbocycles. The lowest BCUT2D eigenvalue weighted by Gasteiger charge is -2.37. The molecule has 2 aromatic carbocycles. The molecular weight excluding hydrogens is 352 g/mol. The van der Waals surface area contributed by atoms with E-state index in [-0.39, 0.29) is 18.1 Å². The summed E-state index contributed by atoms with van der Waals surface area (Å²) in [5, 5.41) is 3.40. The van der Waals surface area contributed by atoms with E-state index in [1.807, 2.05) is 11.0 Å². The Morgan fingerprint density at radius 1 is 1.00 bits per heavy atom. The van der Waals surface area contributed by atoms with Gasteiger partial charge in [0, 0.05) is 37.6 Å². The summed E-state index contributed by atoms with van der Waals surface area (Å²) in [5.41, 5.74) is 12.6. The second-order valence-electron chi connectivity index (χ2n) is 7.21. The van der Waals surface area contributed by atoms with E-state index in [0.29, 0.717) is 0 Å². The molecule has 4 rings (SSSR count). The predicted octanol–water partition coefficient (Wildman–Crippen LogP) is 1.32. The first kappa shape index (κ1) is 18.7. The number of aryl methyl sites for hydroxylation is 1. The van der Waals surface area contributed by atoms with Gasteiger partial charge in [-0.3, -0.25) is 4.79 Å². The Labute approximate surface area is 166 Å². The normalized spacial score (nSPS) is 22.3. The fourth-order valence-corrected chi connectivity index (χ4v) is 3.72. The van der Waals surface area contributed by atoms with Crippen molar-refractivity contribution in [3.05, 3.63) is 60.2 Å². The Morgan fingerprint density at radius 2 is 1.71 bits per heavy atom. The molecule has 4 N–H and O–H groups in total. The largest absolute Gasteiger partial charge is 0.368 e. The summed E-state index contributed by atoms with van der Waals surface area (Å²) in [6.45, 7) is 5.29. The second-order valence-corrected chi connectivity index (χ2v) is 7.21. The van der Waals surface area contributed by atoms with E-state index in [1.165, 1.54) is 11.3 Å². The van der Waals surface area contributed by atoms with E-state index >= 15 is 0 Å². The lowest BCUT2D eigenvalue weighted by molar-refractivity contribution is -0.133. The first-order valence-electron chi connectivity index (χ1n) is 9.95. The van der Waals surface area contributed by atoms with E-state index in [4.69, 9.17) is 0 Å². The average molecular weight is 380 g/mol. The zero-order chi connectivity index (χ0) is 19.3. The van der Waals surface area contributed by atoms with Gasteiger partial charge in [0.25, 0.3) is 0 Å². The maximum Gasteiger partial charge on any atom is 0.244 e. The molecule has 2 aliphatic heterocycles. The maximum absolute atomic E-state index is 13.1. The van der Waals surface area contributed by atoms with Crippen LogP contribution in [0.3, 0.4) is 0 Å². The predicted molar refractivity (Wildman–Crippen MR) is 112 cm³/mol. The summed E-state index contributed by atoms with van der Waals surface area (Å²) >= 11 is 0. The van der Waals surface area contributed by atoms with Gasteiger partial charge in [-0.1, -0.05) is 37.3 Å². The number of anilines is 2. The second kappa shape index (κ2) is 8.60. The van der Waals surface area contributed by atoms with Crippen LogP contribution in [0.25, 0.3) is 0 Å². The van der Waals surface area contributed by atoms with E-state index < -0.39 is 0 Å². The molecule has 7 nitrogen and oxygen atoms in total. The van der Waals surface area contributed by atoms with Crippen LogP contribution in [-0.2, 0) is 11.2 Å². The van der Waals surface area contributed by atoms with Crippen LogP contribution in [-0.4, -0.2) is 49.2 Å². The van der Waals surface area contributed by atoms with E-state index in [0.717, 1.165) is 38.3 Å². The average Bonchev–Trinajstić information content (AvgIpc) is 3.22. The number of amides is 1. The quantitative estimate of drug-likeness (QED) is 0.627. The van der Waals surface area contributed by atoms with Gasteiger partial charge in [-0.2, -0.15) is 5.53 Å². The molecule has 2 fully saturated rings. The van der Waals surface area contributed by atoms with Crippen molar-refractivity contribution in [3.63, 3.8) is 0 Å². The van der Waals surface area contributed by atoms with Crippen LogP contribution in [0.15, 0.2) is 54.6 Å². The van der Waals surface area contributed by atoms with Crippen molar-refractivity contribution in [3.8, 4) is 0 Å². The Kier molecular flexibility index (Phi) is 5.76. The Balaban J connectivity index is 1.34. The Hall–Kier alpha value is -2.61. The number of nitrogens with one attached hydrogen (secondary N) is 4. The van der Waals surface area contributed by atoms with Crippen molar-refractivity contribution in [1.82, 2.24) is 21.3 Å². The number of para-hydroxylation sites is 1. The molecule has 7 heteroatoms. The van der Waals surface area contributed by atoms with Gasteiger partial charge in [0.15, 0.2) is 0 Å². The highest BCUT2D eigenvalue weighted by Gasteiger charge is 2.36. The molecule has 1 amide bonds. The summed E-state index contributed by atoms with van der Waals surface area (Å²) < 4.78 is 0. The van der Waals surface area contributed by atoms with Crippen LogP contribution in [0.4, 0.5) is 11.4 Å². The summed E-state index contributed by atoms with van der Waals surface area (Å²) in [4.78, 5) is 17.3. The minimum Gasteiger partial charge on any atom is -0.368 e. The van der Waals surface area contributed by atoms with Crippen molar-refractivity contribution in [2.24, 2.45) is 0 Å². The third kappa shape index (κ3) is 4.11. The summed E-state index contributed by atoms with van der Waals surface area (Å²) in [7, 11) is 0. The molecule has 2 unspecified atom stereocenters. The molecular formula is C21H28N6O. The van der Waals surface area contributed by atoms with Gasteiger partial charge in [0.1, 0.15) is 12.2 Å². The van der Waals surface area contributed by atoms with Crippen LogP contribution < -0.4 is 26.6 Å². The molecule has 2 aromatic rings. The van der Waals surface area contributed by atoms with Crippen LogP contribution in [0.5, 0.6) is 0 Å².